The summed E-state index contributed by atoms with van der Waals surface area (Å²) in [5, 5.41) is 2.49. The van der Waals surface area contributed by atoms with Crippen molar-refractivity contribution in [2.75, 3.05) is 13.2 Å². The first-order chi connectivity index (χ1) is 20.6. The molecule has 42 heavy (non-hydrogen) atoms. The van der Waals surface area contributed by atoms with Crippen LogP contribution in [0.1, 0.15) is 45.5 Å². The first-order valence-corrected chi connectivity index (χ1v) is 14.1. The number of terminal acetylenes is 2. The molecule has 0 amide bonds. The lowest BCUT2D eigenvalue weighted by atomic mass is 9.72. The molecular formula is C38H30N2O2. The molecule has 2 heterocycles. The molecule has 7 rings (SSSR count). The lowest BCUT2D eigenvalue weighted by Gasteiger charge is -2.33. The Balaban J connectivity index is 1.59. The van der Waals surface area contributed by atoms with Crippen molar-refractivity contribution in [2.45, 2.75) is 11.8 Å². The molecule has 0 aliphatic heterocycles. The maximum Gasteiger partial charge on any atom is 0.148 e. The van der Waals surface area contributed by atoms with Crippen LogP contribution >= 0.6 is 0 Å². The third-order valence-corrected chi connectivity index (χ3v) is 8.54. The highest BCUT2D eigenvalue weighted by Crippen LogP contribution is 2.54. The van der Waals surface area contributed by atoms with Gasteiger partial charge in [-0.3, -0.25) is 0 Å². The smallest absolute Gasteiger partial charge is 0.148 e. The van der Waals surface area contributed by atoms with Gasteiger partial charge in [0.15, 0.2) is 0 Å². The van der Waals surface area contributed by atoms with Gasteiger partial charge in [-0.1, -0.05) is 72.5 Å². The molecule has 4 aromatic carbocycles. The minimum absolute atomic E-state index is 0.0231. The molecule has 6 aromatic rings. The molecule has 0 bridgehead atoms. The first-order valence-electron chi connectivity index (χ1n) is 14.1. The van der Waals surface area contributed by atoms with Crippen molar-refractivity contribution in [3.63, 3.8) is 0 Å². The minimum atomic E-state index is -0.0231. The zero-order chi connectivity index (χ0) is 28.8. The molecule has 1 aliphatic carbocycles. The van der Waals surface area contributed by atoms with E-state index in [1.807, 2.05) is 12.1 Å². The van der Waals surface area contributed by atoms with Gasteiger partial charge in [0.2, 0.25) is 0 Å². The van der Waals surface area contributed by atoms with E-state index in [-0.39, 0.29) is 25.0 Å². The Morgan fingerprint density at radius 2 is 1.02 bits per heavy atom. The topological polar surface area (TPSA) is 28.3 Å². The van der Waals surface area contributed by atoms with Gasteiger partial charge in [0, 0.05) is 47.3 Å². The van der Waals surface area contributed by atoms with Gasteiger partial charge in [0.05, 0.1) is 11.8 Å². The fourth-order valence-electron chi connectivity index (χ4n) is 6.93. The van der Waals surface area contributed by atoms with Crippen LogP contribution in [0.15, 0.2) is 97.1 Å². The second-order valence-corrected chi connectivity index (χ2v) is 10.7. The summed E-state index contributed by atoms with van der Waals surface area (Å²) in [6.45, 7) is 0.459. The maximum atomic E-state index is 5.90. The highest BCUT2D eigenvalue weighted by atomic mass is 16.5. The molecule has 0 saturated carbocycles. The number of aromatic nitrogens is 2. The number of benzene rings is 4. The number of hydrogen-bond donors (Lipinski definition) is 0. The van der Waals surface area contributed by atoms with Crippen LogP contribution in [0.2, 0.25) is 0 Å². The van der Waals surface area contributed by atoms with Gasteiger partial charge in [-0.25, -0.2) is 0 Å². The van der Waals surface area contributed by atoms with Crippen LogP contribution in [0, 0.1) is 24.7 Å². The summed E-state index contributed by atoms with van der Waals surface area (Å²) in [7, 11) is 4.37. The third kappa shape index (κ3) is 3.88. The van der Waals surface area contributed by atoms with E-state index in [4.69, 9.17) is 22.3 Å². The fraction of sp³-hybridized carbons (Fsp3) is 0.158. The van der Waals surface area contributed by atoms with E-state index >= 15 is 0 Å². The van der Waals surface area contributed by atoms with Gasteiger partial charge in [-0.05, 0) is 58.7 Å². The van der Waals surface area contributed by atoms with Crippen molar-refractivity contribution in [1.29, 1.82) is 0 Å². The van der Waals surface area contributed by atoms with Crippen molar-refractivity contribution >= 4 is 21.8 Å². The number of nitrogens with zero attached hydrogens (tertiary/aromatic N) is 2. The van der Waals surface area contributed by atoms with Crippen molar-refractivity contribution in [3.05, 3.63) is 131 Å². The molecule has 0 N–H and O–H groups in total. The number of ether oxygens (including phenoxy) is 2. The Bertz CT molecular complexity index is 1910. The van der Waals surface area contributed by atoms with Gasteiger partial charge < -0.3 is 18.6 Å². The Morgan fingerprint density at radius 1 is 0.595 bits per heavy atom. The molecule has 4 heteroatoms. The Hall–Kier alpha value is -5.32. The van der Waals surface area contributed by atoms with Crippen molar-refractivity contribution in [3.8, 4) is 36.2 Å². The quantitative estimate of drug-likeness (QED) is 0.204. The number of rotatable bonds is 6. The standard InChI is InChI=1S/C38H30N2O2/c1-5-21-41-27-15-11-13-25(23-27)33-35-29-17-7-9-19-31(29)40(4)38(35)34(26-14-12-16-28(24-26)42-22-6-2)36-30-18-8-10-20-32(30)39(3)37(33)36/h1-2,7-20,23-24,33-34H,21-22H2,3-4H3. The van der Waals surface area contributed by atoms with E-state index in [1.165, 1.54) is 55.4 Å². The predicted molar refractivity (Wildman–Crippen MR) is 169 cm³/mol. The van der Waals surface area contributed by atoms with Crippen molar-refractivity contribution in [1.82, 2.24) is 9.13 Å². The Labute approximate surface area is 246 Å². The van der Waals surface area contributed by atoms with Gasteiger partial charge in [-0.2, -0.15) is 0 Å². The van der Waals surface area contributed by atoms with E-state index in [9.17, 15) is 0 Å². The molecule has 2 aromatic heterocycles. The number of hydrogen-bond acceptors (Lipinski definition) is 2. The van der Waals surface area contributed by atoms with E-state index < -0.39 is 0 Å². The van der Waals surface area contributed by atoms with Crippen molar-refractivity contribution < 1.29 is 9.47 Å². The zero-order valence-corrected chi connectivity index (χ0v) is 23.7. The van der Waals surface area contributed by atoms with Crippen LogP contribution in [-0.4, -0.2) is 22.3 Å². The molecule has 0 saturated heterocycles. The fourth-order valence-corrected chi connectivity index (χ4v) is 6.93. The summed E-state index contributed by atoms with van der Waals surface area (Å²) in [6, 6.07) is 34.2. The summed E-state index contributed by atoms with van der Waals surface area (Å²) in [6.07, 6.45) is 11.0. The molecule has 4 nitrogen and oxygen atoms in total. The SMILES string of the molecule is C#CCOc1cccc(C2c3c(n(C)c4ccccc34)C(c3cccc(OCC#C)c3)c3c2n(C)c2ccccc32)c1. The number of para-hydroxylation sites is 2. The molecule has 1 aliphatic rings. The van der Waals surface area contributed by atoms with Crippen LogP contribution in [0.4, 0.5) is 0 Å². The Kier molecular flexibility index (Phi) is 6.26. The highest BCUT2D eigenvalue weighted by Gasteiger charge is 2.41. The lowest BCUT2D eigenvalue weighted by molar-refractivity contribution is 0.369. The summed E-state index contributed by atoms with van der Waals surface area (Å²) in [5.41, 5.74) is 9.89. The van der Waals surface area contributed by atoms with Crippen LogP contribution < -0.4 is 9.47 Å². The molecule has 2 unspecified atom stereocenters. The first kappa shape index (κ1) is 25.6. The summed E-state index contributed by atoms with van der Waals surface area (Å²) >= 11 is 0. The lowest BCUT2D eigenvalue weighted by Crippen LogP contribution is -2.22. The number of aryl methyl sites for hydroxylation is 2. The zero-order valence-electron chi connectivity index (χ0n) is 23.7. The molecule has 0 spiro atoms. The van der Waals surface area contributed by atoms with E-state index in [2.05, 4.69) is 120 Å². The molecular weight excluding hydrogens is 516 g/mol. The summed E-state index contributed by atoms with van der Waals surface area (Å²) < 4.78 is 16.6. The molecule has 2 atom stereocenters. The van der Waals surface area contributed by atoms with Crippen molar-refractivity contribution in [2.24, 2.45) is 14.1 Å². The van der Waals surface area contributed by atoms with E-state index in [0.717, 1.165) is 11.5 Å². The summed E-state index contributed by atoms with van der Waals surface area (Å²) in [5.74, 6) is 6.68. The van der Waals surface area contributed by atoms with Gasteiger partial charge in [-0.15, -0.1) is 12.8 Å². The third-order valence-electron chi connectivity index (χ3n) is 8.54. The van der Waals surface area contributed by atoms with Crippen LogP contribution in [0.3, 0.4) is 0 Å². The second kappa shape index (κ2) is 10.3. The maximum absolute atomic E-state index is 5.90. The summed E-state index contributed by atoms with van der Waals surface area (Å²) in [4.78, 5) is 0. The van der Waals surface area contributed by atoms with Gasteiger partial charge in [0.1, 0.15) is 24.7 Å². The largest absolute Gasteiger partial charge is 0.481 e. The monoisotopic (exact) mass is 546 g/mol. The number of fused-ring (bicyclic) bond motifs is 6. The van der Waals surface area contributed by atoms with Crippen LogP contribution in [0.5, 0.6) is 11.5 Å². The second-order valence-electron chi connectivity index (χ2n) is 10.7. The highest BCUT2D eigenvalue weighted by molar-refractivity contribution is 5.94. The van der Waals surface area contributed by atoms with E-state index in [1.54, 1.807) is 0 Å². The molecule has 0 fully saturated rings. The van der Waals surface area contributed by atoms with E-state index in [0.29, 0.717) is 0 Å². The van der Waals surface area contributed by atoms with Gasteiger partial charge >= 0.3 is 0 Å². The Morgan fingerprint density at radius 3 is 1.45 bits per heavy atom. The normalized spacial score (nSPS) is 15.5. The van der Waals surface area contributed by atoms with Crippen LogP contribution in [-0.2, 0) is 14.1 Å². The van der Waals surface area contributed by atoms with Crippen LogP contribution in [0.25, 0.3) is 21.8 Å². The van der Waals surface area contributed by atoms with Gasteiger partial charge in [0.25, 0.3) is 0 Å². The molecule has 204 valence electrons. The molecule has 0 radical (unpaired) electrons. The average molecular weight is 547 g/mol. The minimum Gasteiger partial charge on any atom is -0.481 e. The average Bonchev–Trinajstić information content (AvgIpc) is 3.49. The predicted octanol–water partition coefficient (Wildman–Crippen LogP) is 7.37.